The van der Waals surface area contributed by atoms with Crippen LogP contribution in [0.25, 0.3) is 0 Å². The highest BCUT2D eigenvalue weighted by Gasteiger charge is 2.23. The number of hydrogen-bond acceptors (Lipinski definition) is 5. The van der Waals surface area contributed by atoms with E-state index in [2.05, 4.69) is 0 Å². The molecule has 0 bridgehead atoms. The molecule has 1 aromatic rings. The van der Waals surface area contributed by atoms with Crippen molar-refractivity contribution in [2.24, 2.45) is 0 Å². The van der Waals surface area contributed by atoms with Crippen LogP contribution in [-0.2, 0) is 21.1 Å². The van der Waals surface area contributed by atoms with Gasteiger partial charge in [-0.25, -0.2) is 8.42 Å². The lowest BCUT2D eigenvalue weighted by Gasteiger charge is -2.29. The van der Waals surface area contributed by atoms with E-state index in [4.69, 9.17) is 5.11 Å². The Labute approximate surface area is 111 Å². The van der Waals surface area contributed by atoms with E-state index in [1.54, 1.807) is 17.0 Å². The Morgan fingerprint density at radius 3 is 2.42 bits per heavy atom. The number of carbonyl (C=O) groups is 1. The predicted molar refractivity (Wildman–Crippen MR) is 70.3 cm³/mol. The van der Waals surface area contributed by atoms with Gasteiger partial charge >= 0.3 is 5.97 Å². The van der Waals surface area contributed by atoms with Crippen LogP contribution in [0.15, 0.2) is 18.2 Å². The third kappa shape index (κ3) is 3.37. The first-order valence-electron chi connectivity index (χ1n) is 5.86. The molecule has 2 N–H and O–H groups in total. The van der Waals surface area contributed by atoms with E-state index < -0.39 is 15.8 Å². The van der Waals surface area contributed by atoms with Gasteiger partial charge in [0, 0.05) is 13.1 Å². The summed E-state index contributed by atoms with van der Waals surface area (Å²) in [5.41, 5.74) is 1.06. The van der Waals surface area contributed by atoms with Gasteiger partial charge in [-0.3, -0.25) is 4.79 Å². The van der Waals surface area contributed by atoms with Crippen LogP contribution in [-0.4, -0.2) is 49.2 Å². The van der Waals surface area contributed by atoms with Crippen molar-refractivity contribution in [1.82, 2.24) is 0 Å². The van der Waals surface area contributed by atoms with Crippen LogP contribution in [0, 0.1) is 0 Å². The highest BCUT2D eigenvalue weighted by Crippen LogP contribution is 2.29. The molecule has 0 aromatic heterocycles. The van der Waals surface area contributed by atoms with Crippen LogP contribution >= 0.6 is 0 Å². The normalized spacial score (nSPS) is 18.2. The summed E-state index contributed by atoms with van der Waals surface area (Å²) in [6.45, 7) is 0.683. The summed E-state index contributed by atoms with van der Waals surface area (Å²) in [6.07, 6.45) is -0.151. The summed E-state index contributed by atoms with van der Waals surface area (Å²) in [7, 11) is -2.96. The first-order chi connectivity index (χ1) is 8.87. The lowest BCUT2D eigenvalue weighted by Crippen LogP contribution is -2.40. The maximum Gasteiger partial charge on any atom is 0.307 e. The van der Waals surface area contributed by atoms with E-state index in [-0.39, 0.29) is 23.7 Å². The van der Waals surface area contributed by atoms with Crippen LogP contribution in [0.1, 0.15) is 5.56 Å². The Morgan fingerprint density at radius 2 is 1.89 bits per heavy atom. The molecule has 0 saturated carbocycles. The van der Waals surface area contributed by atoms with Crippen molar-refractivity contribution < 1.29 is 23.4 Å². The molecule has 1 saturated heterocycles. The minimum absolute atomic E-state index is 0.0157. The molecule has 0 unspecified atom stereocenters. The standard InChI is InChI=1S/C12H15NO5S/c14-11-7-9(8-12(15)16)1-2-10(11)13-3-5-19(17,18)6-4-13/h1-2,7,14H,3-6,8H2,(H,15,16). The minimum atomic E-state index is -2.96. The average Bonchev–Trinajstić information content (AvgIpc) is 2.29. The number of nitrogens with zero attached hydrogens (tertiary/aromatic N) is 1. The number of rotatable bonds is 3. The van der Waals surface area contributed by atoms with Crippen molar-refractivity contribution >= 4 is 21.5 Å². The molecule has 1 aliphatic rings. The number of hydrogen-bond donors (Lipinski definition) is 2. The van der Waals surface area contributed by atoms with Crippen molar-refractivity contribution in [3.8, 4) is 5.75 Å². The molecule has 0 spiro atoms. The summed E-state index contributed by atoms with van der Waals surface area (Å²) in [5.74, 6) is -0.832. The monoisotopic (exact) mass is 285 g/mol. The number of sulfone groups is 1. The Balaban J connectivity index is 2.15. The second-order valence-electron chi connectivity index (χ2n) is 4.53. The largest absolute Gasteiger partial charge is 0.506 e. The number of aromatic hydroxyl groups is 1. The number of aliphatic carboxylic acids is 1. The zero-order valence-electron chi connectivity index (χ0n) is 10.2. The lowest BCUT2D eigenvalue weighted by atomic mass is 10.1. The quantitative estimate of drug-likeness (QED) is 0.827. The molecule has 2 rings (SSSR count). The molecule has 1 aliphatic heterocycles. The van der Waals surface area contributed by atoms with Crippen molar-refractivity contribution in [2.75, 3.05) is 29.5 Å². The average molecular weight is 285 g/mol. The Hall–Kier alpha value is -1.76. The fraction of sp³-hybridized carbons (Fsp3) is 0.417. The van der Waals surface area contributed by atoms with Gasteiger partial charge in [0.1, 0.15) is 5.75 Å². The fourth-order valence-corrected chi connectivity index (χ4v) is 3.28. The van der Waals surface area contributed by atoms with Gasteiger partial charge in [0.05, 0.1) is 23.6 Å². The van der Waals surface area contributed by atoms with E-state index in [1.807, 2.05) is 0 Å². The van der Waals surface area contributed by atoms with Crippen LogP contribution in [0.5, 0.6) is 5.75 Å². The molecule has 6 nitrogen and oxygen atoms in total. The highest BCUT2D eigenvalue weighted by molar-refractivity contribution is 7.91. The van der Waals surface area contributed by atoms with Gasteiger partial charge in [0.15, 0.2) is 9.84 Å². The highest BCUT2D eigenvalue weighted by atomic mass is 32.2. The topological polar surface area (TPSA) is 94.9 Å². The molecule has 1 aromatic carbocycles. The van der Waals surface area contributed by atoms with Crippen molar-refractivity contribution in [3.05, 3.63) is 23.8 Å². The molecular weight excluding hydrogens is 270 g/mol. The van der Waals surface area contributed by atoms with Crippen LogP contribution < -0.4 is 4.90 Å². The van der Waals surface area contributed by atoms with Gasteiger partial charge < -0.3 is 15.1 Å². The second kappa shape index (κ2) is 5.08. The number of phenols is 1. The Bertz CT molecular complexity index is 582. The van der Waals surface area contributed by atoms with Gasteiger partial charge in [-0.15, -0.1) is 0 Å². The molecule has 104 valence electrons. The van der Waals surface area contributed by atoms with E-state index in [0.29, 0.717) is 24.3 Å². The Morgan fingerprint density at radius 1 is 1.26 bits per heavy atom. The first-order valence-corrected chi connectivity index (χ1v) is 7.68. The van der Waals surface area contributed by atoms with Crippen molar-refractivity contribution in [3.63, 3.8) is 0 Å². The Kier molecular flexibility index (Phi) is 3.66. The number of phenolic OH excluding ortho intramolecular Hbond substituents is 1. The molecule has 0 amide bonds. The molecule has 1 fully saturated rings. The smallest absolute Gasteiger partial charge is 0.307 e. The van der Waals surface area contributed by atoms with Crippen molar-refractivity contribution in [2.45, 2.75) is 6.42 Å². The summed E-state index contributed by atoms with van der Waals surface area (Å²) in [4.78, 5) is 12.4. The van der Waals surface area contributed by atoms with Gasteiger partial charge in [-0.05, 0) is 17.7 Å². The molecule has 1 heterocycles. The summed E-state index contributed by atoms with van der Waals surface area (Å²) >= 11 is 0. The van der Waals surface area contributed by atoms with Gasteiger partial charge in [-0.1, -0.05) is 6.07 Å². The number of benzene rings is 1. The van der Waals surface area contributed by atoms with Gasteiger partial charge in [0.2, 0.25) is 0 Å². The summed E-state index contributed by atoms with van der Waals surface area (Å²) in [5, 5.41) is 18.6. The minimum Gasteiger partial charge on any atom is -0.506 e. The molecule has 19 heavy (non-hydrogen) atoms. The lowest BCUT2D eigenvalue weighted by molar-refractivity contribution is -0.136. The summed E-state index contributed by atoms with van der Waals surface area (Å²) in [6, 6.07) is 4.67. The van der Waals surface area contributed by atoms with Crippen molar-refractivity contribution in [1.29, 1.82) is 0 Å². The van der Waals surface area contributed by atoms with Gasteiger partial charge in [-0.2, -0.15) is 0 Å². The van der Waals surface area contributed by atoms with Crippen LogP contribution in [0.2, 0.25) is 0 Å². The first kappa shape index (κ1) is 13.7. The maximum atomic E-state index is 11.3. The molecule has 0 radical (unpaired) electrons. The van der Waals surface area contributed by atoms with E-state index in [0.717, 1.165) is 0 Å². The zero-order chi connectivity index (χ0) is 14.0. The molecular formula is C12H15NO5S. The fourth-order valence-electron chi connectivity index (χ4n) is 2.07. The third-order valence-corrected chi connectivity index (χ3v) is 4.69. The molecule has 7 heteroatoms. The molecule has 0 atom stereocenters. The summed E-state index contributed by atoms with van der Waals surface area (Å²) < 4.78 is 22.7. The van der Waals surface area contributed by atoms with E-state index in [9.17, 15) is 18.3 Å². The van der Waals surface area contributed by atoms with Crippen LogP contribution in [0.4, 0.5) is 5.69 Å². The van der Waals surface area contributed by atoms with Crippen LogP contribution in [0.3, 0.4) is 0 Å². The third-order valence-electron chi connectivity index (χ3n) is 3.08. The number of anilines is 1. The zero-order valence-corrected chi connectivity index (χ0v) is 11.1. The molecule has 0 aliphatic carbocycles. The van der Waals surface area contributed by atoms with E-state index in [1.165, 1.54) is 6.07 Å². The maximum absolute atomic E-state index is 11.3. The van der Waals surface area contributed by atoms with Gasteiger partial charge in [0.25, 0.3) is 0 Å². The SMILES string of the molecule is O=C(O)Cc1ccc(N2CCS(=O)(=O)CC2)c(O)c1. The second-order valence-corrected chi connectivity index (χ2v) is 6.84. The number of carboxylic acids is 1. The number of carboxylic acid groups (broad SMARTS) is 1. The van der Waals surface area contributed by atoms with E-state index >= 15 is 0 Å². The predicted octanol–water partition coefficient (Wildman–Crippen LogP) is 0.254.